The summed E-state index contributed by atoms with van der Waals surface area (Å²) in [6.45, 7) is 0. The highest BCUT2D eigenvalue weighted by Crippen LogP contribution is 2.26. The smallest absolute Gasteiger partial charge is 0.261 e. The predicted octanol–water partition coefficient (Wildman–Crippen LogP) is 4.15. The van der Waals surface area contributed by atoms with E-state index in [0.717, 1.165) is 10.5 Å². The van der Waals surface area contributed by atoms with Gasteiger partial charge >= 0.3 is 0 Å². The van der Waals surface area contributed by atoms with Crippen LogP contribution in [-0.4, -0.2) is 8.42 Å². The van der Waals surface area contributed by atoms with Gasteiger partial charge in [-0.1, -0.05) is 15.9 Å². The van der Waals surface area contributed by atoms with Crippen LogP contribution >= 0.6 is 31.9 Å². The molecule has 3 nitrogen and oxygen atoms in total. The standard InChI is InChI=1S/C12H8Br2FNO2S/c13-8-1-4-10(5-2-8)19(17,18)16-12-7-9(15)3-6-11(12)14/h1-7,16H. The second-order valence-electron chi connectivity index (χ2n) is 3.68. The number of anilines is 1. The van der Waals surface area contributed by atoms with Gasteiger partial charge < -0.3 is 0 Å². The lowest BCUT2D eigenvalue weighted by Gasteiger charge is -2.10. The zero-order valence-corrected chi connectivity index (χ0v) is 13.4. The predicted molar refractivity (Wildman–Crippen MR) is 79.1 cm³/mol. The molecule has 2 aromatic rings. The summed E-state index contributed by atoms with van der Waals surface area (Å²) >= 11 is 6.39. The molecule has 0 bridgehead atoms. The number of hydrogen-bond acceptors (Lipinski definition) is 2. The first kappa shape index (κ1) is 14.5. The average molecular weight is 409 g/mol. The van der Waals surface area contributed by atoms with Crippen LogP contribution < -0.4 is 4.72 Å². The Morgan fingerprint density at radius 2 is 1.63 bits per heavy atom. The summed E-state index contributed by atoms with van der Waals surface area (Å²) in [5, 5.41) is 0. The molecule has 0 amide bonds. The van der Waals surface area contributed by atoms with Crippen LogP contribution in [0.5, 0.6) is 0 Å². The fourth-order valence-electron chi connectivity index (χ4n) is 1.39. The minimum Gasteiger partial charge on any atom is -0.278 e. The van der Waals surface area contributed by atoms with Gasteiger partial charge in [-0.05, 0) is 58.4 Å². The summed E-state index contributed by atoms with van der Waals surface area (Å²) in [4.78, 5) is 0.104. The second-order valence-corrected chi connectivity index (χ2v) is 7.14. The minimum atomic E-state index is -3.74. The molecule has 0 saturated heterocycles. The first-order valence-electron chi connectivity index (χ1n) is 5.12. The Morgan fingerprint density at radius 3 is 2.26 bits per heavy atom. The molecule has 0 fully saturated rings. The van der Waals surface area contributed by atoms with E-state index in [4.69, 9.17) is 0 Å². The Morgan fingerprint density at radius 1 is 1.00 bits per heavy atom. The van der Waals surface area contributed by atoms with Gasteiger partial charge in [0.2, 0.25) is 0 Å². The number of rotatable bonds is 3. The lowest BCUT2D eigenvalue weighted by atomic mass is 10.3. The number of benzene rings is 2. The van der Waals surface area contributed by atoms with Crippen molar-refractivity contribution < 1.29 is 12.8 Å². The Balaban J connectivity index is 2.36. The van der Waals surface area contributed by atoms with Crippen molar-refractivity contribution in [1.82, 2.24) is 0 Å². The van der Waals surface area contributed by atoms with Crippen LogP contribution in [0.15, 0.2) is 56.3 Å². The van der Waals surface area contributed by atoms with E-state index in [2.05, 4.69) is 36.6 Å². The Kier molecular flexibility index (Phi) is 4.27. The van der Waals surface area contributed by atoms with E-state index in [9.17, 15) is 12.8 Å². The molecule has 0 spiro atoms. The Hall–Kier alpha value is -0.920. The van der Waals surface area contributed by atoms with Crippen LogP contribution in [0.4, 0.5) is 10.1 Å². The van der Waals surface area contributed by atoms with Gasteiger partial charge in [0, 0.05) is 8.95 Å². The fraction of sp³-hybridized carbons (Fsp3) is 0. The molecule has 0 aliphatic carbocycles. The molecule has 0 aromatic heterocycles. The second kappa shape index (κ2) is 5.60. The highest BCUT2D eigenvalue weighted by atomic mass is 79.9. The van der Waals surface area contributed by atoms with Crippen LogP contribution in [0.3, 0.4) is 0 Å². The SMILES string of the molecule is O=S(=O)(Nc1cc(F)ccc1Br)c1ccc(Br)cc1. The third-order valence-electron chi connectivity index (χ3n) is 2.30. The van der Waals surface area contributed by atoms with Gasteiger partial charge in [0.25, 0.3) is 10.0 Å². The Bertz CT molecular complexity index is 702. The van der Waals surface area contributed by atoms with Gasteiger partial charge in [-0.25, -0.2) is 12.8 Å². The van der Waals surface area contributed by atoms with Crippen molar-refractivity contribution in [1.29, 1.82) is 0 Å². The molecule has 0 aliphatic heterocycles. The van der Waals surface area contributed by atoms with Gasteiger partial charge in [0.05, 0.1) is 10.6 Å². The van der Waals surface area contributed by atoms with E-state index in [0.29, 0.717) is 4.47 Å². The van der Waals surface area contributed by atoms with Crippen molar-refractivity contribution in [3.8, 4) is 0 Å². The minimum absolute atomic E-state index is 0.104. The van der Waals surface area contributed by atoms with Crippen molar-refractivity contribution >= 4 is 47.6 Å². The molecule has 100 valence electrons. The number of halogens is 3. The van der Waals surface area contributed by atoms with Crippen LogP contribution in [-0.2, 0) is 10.0 Å². The lowest BCUT2D eigenvalue weighted by molar-refractivity contribution is 0.601. The molecule has 2 aromatic carbocycles. The monoisotopic (exact) mass is 407 g/mol. The van der Waals surface area contributed by atoms with Gasteiger partial charge in [-0.15, -0.1) is 0 Å². The first-order valence-corrected chi connectivity index (χ1v) is 8.19. The normalized spacial score (nSPS) is 11.3. The average Bonchev–Trinajstić information content (AvgIpc) is 2.34. The van der Waals surface area contributed by atoms with Gasteiger partial charge in [-0.3, -0.25) is 4.72 Å². The summed E-state index contributed by atoms with van der Waals surface area (Å²) in [5.41, 5.74) is 0.155. The molecular weight excluding hydrogens is 401 g/mol. The van der Waals surface area contributed by atoms with E-state index in [1.165, 1.54) is 24.3 Å². The van der Waals surface area contributed by atoms with Crippen LogP contribution in [0.2, 0.25) is 0 Å². The fourth-order valence-corrected chi connectivity index (χ4v) is 3.21. The van der Waals surface area contributed by atoms with Crippen molar-refractivity contribution in [2.45, 2.75) is 4.90 Å². The zero-order chi connectivity index (χ0) is 14.0. The van der Waals surface area contributed by atoms with Crippen LogP contribution in [0.25, 0.3) is 0 Å². The zero-order valence-electron chi connectivity index (χ0n) is 9.40. The van der Waals surface area contributed by atoms with Crippen molar-refractivity contribution in [2.75, 3.05) is 4.72 Å². The largest absolute Gasteiger partial charge is 0.278 e. The molecule has 0 unspecified atom stereocenters. The third kappa shape index (κ3) is 3.55. The maximum Gasteiger partial charge on any atom is 0.261 e. The summed E-state index contributed by atoms with van der Waals surface area (Å²) < 4.78 is 40.9. The first-order chi connectivity index (χ1) is 8.88. The van der Waals surface area contributed by atoms with Crippen LogP contribution in [0, 0.1) is 5.82 Å². The van der Waals surface area contributed by atoms with Gasteiger partial charge in [0.15, 0.2) is 0 Å². The maximum absolute atomic E-state index is 13.1. The third-order valence-corrected chi connectivity index (χ3v) is 4.90. The van der Waals surface area contributed by atoms with E-state index >= 15 is 0 Å². The van der Waals surface area contributed by atoms with Crippen molar-refractivity contribution in [3.63, 3.8) is 0 Å². The highest BCUT2D eigenvalue weighted by molar-refractivity contribution is 9.10. The molecular formula is C12H8Br2FNO2S. The summed E-state index contributed by atoms with van der Waals surface area (Å²) in [6.07, 6.45) is 0. The maximum atomic E-state index is 13.1. The van der Waals surface area contributed by atoms with E-state index in [1.54, 1.807) is 12.1 Å². The molecule has 0 heterocycles. The Labute approximate surface area is 127 Å². The van der Waals surface area contributed by atoms with E-state index in [1.807, 2.05) is 0 Å². The number of sulfonamides is 1. The van der Waals surface area contributed by atoms with E-state index < -0.39 is 15.8 Å². The topological polar surface area (TPSA) is 46.2 Å². The van der Waals surface area contributed by atoms with E-state index in [-0.39, 0.29) is 10.6 Å². The molecule has 0 aliphatic rings. The van der Waals surface area contributed by atoms with Crippen LogP contribution in [0.1, 0.15) is 0 Å². The van der Waals surface area contributed by atoms with Crippen molar-refractivity contribution in [3.05, 3.63) is 57.2 Å². The van der Waals surface area contributed by atoms with Gasteiger partial charge in [0.1, 0.15) is 5.82 Å². The molecule has 0 radical (unpaired) electrons. The summed E-state index contributed by atoms with van der Waals surface area (Å²) in [6, 6.07) is 9.94. The molecule has 1 N–H and O–H groups in total. The van der Waals surface area contributed by atoms with Gasteiger partial charge in [-0.2, -0.15) is 0 Å². The molecule has 2 rings (SSSR count). The molecule has 0 saturated carbocycles. The number of nitrogens with one attached hydrogen (secondary N) is 1. The lowest BCUT2D eigenvalue weighted by Crippen LogP contribution is -2.13. The van der Waals surface area contributed by atoms with Crippen molar-refractivity contribution in [2.24, 2.45) is 0 Å². The molecule has 19 heavy (non-hydrogen) atoms. The molecule has 0 atom stereocenters. The highest BCUT2D eigenvalue weighted by Gasteiger charge is 2.15. The quantitative estimate of drug-likeness (QED) is 0.828. The summed E-state index contributed by atoms with van der Waals surface area (Å²) in [5.74, 6) is -0.517. The molecule has 7 heteroatoms. The number of hydrogen-bond donors (Lipinski definition) is 1. The summed E-state index contributed by atoms with van der Waals surface area (Å²) in [7, 11) is -3.74.